The van der Waals surface area contributed by atoms with Gasteiger partial charge in [0.05, 0.1) is 0 Å². The first-order valence-electron chi connectivity index (χ1n) is 7.95. The fraction of sp³-hybridized carbons (Fsp3) is 0.316. The van der Waals surface area contributed by atoms with Crippen molar-refractivity contribution >= 4 is 35.6 Å². The number of para-hydroxylation sites is 1. The highest BCUT2D eigenvalue weighted by molar-refractivity contribution is 6.30. The number of carbonyl (C=O) groups excluding carboxylic acids is 1. The molecule has 3 N–H and O–H groups in total. The van der Waals surface area contributed by atoms with Gasteiger partial charge in [-0.05, 0) is 48.6 Å². The van der Waals surface area contributed by atoms with E-state index in [4.69, 9.17) is 17.3 Å². The monoisotopic (exact) mass is 364 g/mol. The molecule has 2 aromatic rings. The molecule has 2 aromatic carbocycles. The van der Waals surface area contributed by atoms with Crippen molar-refractivity contribution < 1.29 is 4.79 Å². The Balaban J connectivity index is 0.00000208. The van der Waals surface area contributed by atoms with Crippen LogP contribution in [0.5, 0.6) is 0 Å². The Labute approximate surface area is 154 Å². The Hall–Kier alpha value is -1.71. The maximum absolute atomic E-state index is 12.1. The molecule has 0 bridgehead atoms. The third-order valence-electron chi connectivity index (χ3n) is 4.61. The van der Waals surface area contributed by atoms with E-state index < -0.39 is 0 Å². The van der Waals surface area contributed by atoms with Crippen LogP contribution < -0.4 is 11.1 Å². The molecule has 3 nitrogen and oxygen atoms in total. The summed E-state index contributed by atoms with van der Waals surface area (Å²) in [5, 5.41) is 3.82. The predicted molar refractivity (Wildman–Crippen MR) is 102 cm³/mol. The van der Waals surface area contributed by atoms with E-state index in [0.717, 1.165) is 29.1 Å². The second kappa shape index (κ2) is 7.91. The minimum atomic E-state index is 0. The molecule has 0 radical (unpaired) electrons. The van der Waals surface area contributed by atoms with Crippen LogP contribution in [-0.4, -0.2) is 12.5 Å². The highest BCUT2D eigenvalue weighted by Crippen LogP contribution is 2.47. The molecule has 1 aliphatic carbocycles. The summed E-state index contributed by atoms with van der Waals surface area (Å²) in [6.45, 7) is 0.692. The van der Waals surface area contributed by atoms with E-state index >= 15 is 0 Å². The lowest BCUT2D eigenvalue weighted by atomic mass is 9.96. The molecule has 0 atom stereocenters. The summed E-state index contributed by atoms with van der Waals surface area (Å²) in [7, 11) is 0. The molecule has 3 rings (SSSR count). The van der Waals surface area contributed by atoms with Gasteiger partial charge in [0, 0.05) is 29.1 Å². The van der Waals surface area contributed by atoms with E-state index in [1.165, 1.54) is 5.56 Å². The average Bonchev–Trinajstić information content (AvgIpc) is 3.34. The van der Waals surface area contributed by atoms with Gasteiger partial charge in [0.25, 0.3) is 0 Å². The number of hydrogen-bond acceptors (Lipinski definition) is 2. The van der Waals surface area contributed by atoms with Crippen LogP contribution in [-0.2, 0) is 16.6 Å². The molecule has 0 aromatic heterocycles. The summed E-state index contributed by atoms with van der Waals surface area (Å²) < 4.78 is 0. The van der Waals surface area contributed by atoms with E-state index in [1.807, 2.05) is 36.4 Å². The van der Waals surface area contributed by atoms with Gasteiger partial charge >= 0.3 is 0 Å². The van der Waals surface area contributed by atoms with Gasteiger partial charge in [0.2, 0.25) is 5.91 Å². The number of hydrogen-bond donors (Lipinski definition) is 2. The molecule has 0 saturated heterocycles. The van der Waals surface area contributed by atoms with Crippen molar-refractivity contribution in [3.05, 3.63) is 64.7 Å². The van der Waals surface area contributed by atoms with E-state index in [9.17, 15) is 4.79 Å². The van der Waals surface area contributed by atoms with Gasteiger partial charge in [0.15, 0.2) is 0 Å². The lowest BCUT2D eigenvalue weighted by Crippen LogP contribution is -2.32. The molecule has 0 aliphatic heterocycles. The number of carbonyl (C=O) groups is 1. The minimum Gasteiger partial charge on any atom is -0.399 e. The third kappa shape index (κ3) is 4.43. The maximum atomic E-state index is 12.1. The van der Waals surface area contributed by atoms with Crippen LogP contribution in [0.2, 0.25) is 5.02 Å². The SMILES string of the molecule is Cl.Nc1ccccc1CCC(=O)NCC1(c2ccc(Cl)cc2)CC1. The van der Waals surface area contributed by atoms with Crippen molar-refractivity contribution in [2.45, 2.75) is 31.1 Å². The Kier molecular flexibility index (Phi) is 6.14. The Bertz CT molecular complexity index is 697. The normalized spacial score (nSPS) is 14.5. The molecule has 24 heavy (non-hydrogen) atoms. The van der Waals surface area contributed by atoms with Gasteiger partial charge in [0.1, 0.15) is 0 Å². The topological polar surface area (TPSA) is 55.1 Å². The smallest absolute Gasteiger partial charge is 0.220 e. The van der Waals surface area contributed by atoms with Gasteiger partial charge in [-0.15, -0.1) is 12.4 Å². The summed E-state index contributed by atoms with van der Waals surface area (Å²) >= 11 is 5.94. The number of nitrogens with two attached hydrogens (primary N) is 1. The number of amides is 1. The molecule has 0 heterocycles. The standard InChI is InChI=1S/C19H21ClN2O.ClH/c20-16-8-6-15(7-9-16)19(11-12-19)13-22-18(23)10-5-14-3-1-2-4-17(14)21;/h1-4,6-9H,5,10-13,21H2,(H,22,23);1H. The number of halogens is 2. The van der Waals surface area contributed by atoms with Crippen LogP contribution in [0.4, 0.5) is 5.69 Å². The van der Waals surface area contributed by atoms with Crippen LogP contribution in [0.3, 0.4) is 0 Å². The summed E-state index contributed by atoms with van der Waals surface area (Å²) in [5.41, 5.74) is 9.05. The van der Waals surface area contributed by atoms with E-state index in [0.29, 0.717) is 19.4 Å². The first kappa shape index (κ1) is 18.6. The Morgan fingerprint density at radius 1 is 1.12 bits per heavy atom. The third-order valence-corrected chi connectivity index (χ3v) is 4.86. The fourth-order valence-corrected chi connectivity index (χ4v) is 3.01. The van der Waals surface area contributed by atoms with Crippen molar-refractivity contribution in [2.75, 3.05) is 12.3 Å². The highest BCUT2D eigenvalue weighted by atomic mass is 35.5. The molecule has 0 spiro atoms. The first-order valence-corrected chi connectivity index (χ1v) is 8.33. The van der Waals surface area contributed by atoms with Crippen LogP contribution in [0.25, 0.3) is 0 Å². The largest absolute Gasteiger partial charge is 0.399 e. The van der Waals surface area contributed by atoms with E-state index in [2.05, 4.69) is 17.4 Å². The Morgan fingerprint density at radius 3 is 2.42 bits per heavy atom. The molecule has 1 fully saturated rings. The molecule has 128 valence electrons. The van der Waals surface area contributed by atoms with Gasteiger partial charge in [-0.2, -0.15) is 0 Å². The van der Waals surface area contributed by atoms with Crippen molar-refractivity contribution in [3.63, 3.8) is 0 Å². The van der Waals surface area contributed by atoms with Crippen molar-refractivity contribution in [2.24, 2.45) is 0 Å². The molecule has 0 unspecified atom stereocenters. The Morgan fingerprint density at radius 2 is 1.79 bits per heavy atom. The summed E-state index contributed by atoms with van der Waals surface area (Å²) in [4.78, 5) is 12.1. The van der Waals surface area contributed by atoms with E-state index in [1.54, 1.807) is 0 Å². The molecule has 5 heteroatoms. The number of nitrogens with one attached hydrogen (secondary N) is 1. The number of anilines is 1. The van der Waals surface area contributed by atoms with Crippen molar-refractivity contribution in [3.8, 4) is 0 Å². The highest BCUT2D eigenvalue weighted by Gasteiger charge is 2.44. The fourth-order valence-electron chi connectivity index (χ4n) is 2.89. The average molecular weight is 365 g/mol. The van der Waals surface area contributed by atoms with Gasteiger partial charge in [-0.1, -0.05) is 41.9 Å². The number of aryl methyl sites for hydroxylation is 1. The number of nitrogen functional groups attached to an aromatic ring is 1. The van der Waals surface area contributed by atoms with Crippen LogP contribution in [0, 0.1) is 0 Å². The molecule has 1 saturated carbocycles. The minimum absolute atomic E-state index is 0. The zero-order valence-electron chi connectivity index (χ0n) is 13.4. The number of rotatable bonds is 6. The van der Waals surface area contributed by atoms with Gasteiger partial charge in [-0.3, -0.25) is 4.79 Å². The molecular formula is C19H22Cl2N2O. The number of benzene rings is 2. The lowest BCUT2D eigenvalue weighted by molar-refractivity contribution is -0.121. The lowest BCUT2D eigenvalue weighted by Gasteiger charge is -2.17. The van der Waals surface area contributed by atoms with Crippen LogP contribution in [0.1, 0.15) is 30.4 Å². The van der Waals surface area contributed by atoms with E-state index in [-0.39, 0.29) is 23.7 Å². The second-order valence-corrected chi connectivity index (χ2v) is 6.70. The van der Waals surface area contributed by atoms with Crippen LogP contribution in [0.15, 0.2) is 48.5 Å². The quantitative estimate of drug-likeness (QED) is 0.757. The first-order chi connectivity index (χ1) is 11.1. The predicted octanol–water partition coefficient (Wildman–Crippen LogP) is 4.12. The summed E-state index contributed by atoms with van der Waals surface area (Å²) in [6.07, 6.45) is 3.36. The molecule has 1 aliphatic rings. The van der Waals surface area contributed by atoms with Crippen molar-refractivity contribution in [1.82, 2.24) is 5.32 Å². The second-order valence-electron chi connectivity index (χ2n) is 6.26. The molecular weight excluding hydrogens is 343 g/mol. The van der Waals surface area contributed by atoms with Gasteiger partial charge < -0.3 is 11.1 Å². The zero-order chi connectivity index (χ0) is 16.3. The molecule has 1 amide bonds. The van der Waals surface area contributed by atoms with Gasteiger partial charge in [-0.25, -0.2) is 0 Å². The van der Waals surface area contributed by atoms with Crippen LogP contribution >= 0.6 is 24.0 Å². The maximum Gasteiger partial charge on any atom is 0.220 e. The summed E-state index contributed by atoms with van der Waals surface area (Å²) in [6, 6.07) is 15.6. The summed E-state index contributed by atoms with van der Waals surface area (Å²) in [5.74, 6) is 0.0773. The van der Waals surface area contributed by atoms with Crippen molar-refractivity contribution in [1.29, 1.82) is 0 Å². The zero-order valence-corrected chi connectivity index (χ0v) is 15.0.